The fourth-order valence-corrected chi connectivity index (χ4v) is 4.64. The van der Waals surface area contributed by atoms with Crippen LogP contribution >= 0.6 is 0 Å². The van der Waals surface area contributed by atoms with Crippen LogP contribution in [0.15, 0.2) is 42.6 Å². The van der Waals surface area contributed by atoms with Crippen LogP contribution in [0.3, 0.4) is 0 Å². The number of aromatic nitrogens is 1. The van der Waals surface area contributed by atoms with Gasteiger partial charge in [0, 0.05) is 29.7 Å². The van der Waals surface area contributed by atoms with Gasteiger partial charge in [-0.3, -0.25) is 4.90 Å². The number of benzene rings is 2. The van der Waals surface area contributed by atoms with Crippen LogP contribution in [0.5, 0.6) is 0 Å². The molecule has 1 N–H and O–H groups in total. The number of nitrogens with zero attached hydrogens (tertiary/aromatic N) is 1. The Kier molecular flexibility index (Phi) is 4.86. The molecule has 2 heterocycles. The molecule has 0 amide bonds. The molecule has 2 nitrogen and oxygen atoms in total. The Bertz CT molecular complexity index is 906. The number of para-hydroxylation sites is 1. The molecule has 2 heteroatoms. The van der Waals surface area contributed by atoms with Crippen molar-refractivity contribution in [2.24, 2.45) is 0 Å². The normalized spacial score (nSPS) is 17.6. The number of likely N-dealkylation sites (N-methyl/N-ethyl adjacent to an activating group) is 1. The molecule has 0 radical (unpaired) electrons. The Labute approximate surface area is 157 Å². The van der Waals surface area contributed by atoms with Crippen molar-refractivity contribution in [1.29, 1.82) is 0 Å². The van der Waals surface area contributed by atoms with Gasteiger partial charge in [-0.1, -0.05) is 44.2 Å². The van der Waals surface area contributed by atoms with Crippen molar-refractivity contribution < 1.29 is 0 Å². The predicted molar refractivity (Wildman–Crippen MR) is 111 cm³/mol. The van der Waals surface area contributed by atoms with E-state index in [0.29, 0.717) is 6.04 Å². The van der Waals surface area contributed by atoms with E-state index in [2.05, 4.69) is 73.4 Å². The Hall–Kier alpha value is -2.06. The highest BCUT2D eigenvalue weighted by Gasteiger charge is 2.25. The molecule has 0 aliphatic carbocycles. The van der Waals surface area contributed by atoms with Gasteiger partial charge >= 0.3 is 0 Å². The van der Waals surface area contributed by atoms with Crippen LogP contribution < -0.4 is 0 Å². The van der Waals surface area contributed by atoms with Gasteiger partial charge in [-0.25, -0.2) is 0 Å². The molecule has 0 bridgehead atoms. The molecule has 1 aromatic heterocycles. The lowest BCUT2D eigenvalue weighted by Crippen LogP contribution is -2.32. The Balaban J connectivity index is 1.62. The summed E-state index contributed by atoms with van der Waals surface area (Å²) in [4.78, 5) is 5.98. The highest BCUT2D eigenvalue weighted by atomic mass is 15.1. The van der Waals surface area contributed by atoms with E-state index in [1.807, 2.05) is 0 Å². The smallest absolute Gasteiger partial charge is 0.0456 e. The van der Waals surface area contributed by atoms with Crippen LogP contribution in [0.1, 0.15) is 54.1 Å². The molecule has 0 fully saturated rings. The summed E-state index contributed by atoms with van der Waals surface area (Å²) in [6, 6.07) is 14.2. The molecular weight excluding hydrogens is 316 g/mol. The van der Waals surface area contributed by atoms with Crippen LogP contribution in [0.25, 0.3) is 10.9 Å². The molecule has 0 spiro atoms. The summed E-state index contributed by atoms with van der Waals surface area (Å²) in [7, 11) is 2.29. The number of aromatic amines is 1. The first-order valence-corrected chi connectivity index (χ1v) is 10.1. The van der Waals surface area contributed by atoms with Gasteiger partial charge in [0.25, 0.3) is 0 Å². The van der Waals surface area contributed by atoms with E-state index >= 15 is 0 Å². The molecule has 0 saturated heterocycles. The van der Waals surface area contributed by atoms with Crippen LogP contribution in [0.2, 0.25) is 0 Å². The van der Waals surface area contributed by atoms with Crippen molar-refractivity contribution in [1.82, 2.24) is 9.88 Å². The van der Waals surface area contributed by atoms with Gasteiger partial charge in [0.1, 0.15) is 0 Å². The molecule has 2 aromatic carbocycles. The fraction of sp³-hybridized carbons (Fsp3) is 0.417. The van der Waals surface area contributed by atoms with Crippen molar-refractivity contribution in [2.45, 2.75) is 52.0 Å². The van der Waals surface area contributed by atoms with E-state index in [0.717, 1.165) is 19.3 Å². The van der Waals surface area contributed by atoms with Crippen molar-refractivity contribution in [2.75, 3.05) is 13.6 Å². The average Bonchev–Trinajstić information content (AvgIpc) is 3.09. The standard InChI is InChI=1S/C24H30N2/c1-4-17-14-19-12-13-26(3)24(22(19)15-18(17)5-2)11-10-20-16-25-23-9-7-6-8-21(20)23/h6-9,14-16,24-25H,4-5,10-13H2,1-3H3. The topological polar surface area (TPSA) is 19.0 Å². The lowest BCUT2D eigenvalue weighted by atomic mass is 9.85. The molecule has 136 valence electrons. The molecular formula is C24H30N2. The molecule has 1 atom stereocenters. The Morgan fingerprint density at radius 2 is 1.81 bits per heavy atom. The fourth-order valence-electron chi connectivity index (χ4n) is 4.64. The number of aryl methyl sites for hydroxylation is 3. The van der Waals surface area contributed by atoms with Crippen molar-refractivity contribution in [3.63, 3.8) is 0 Å². The maximum atomic E-state index is 3.43. The summed E-state index contributed by atoms with van der Waals surface area (Å²) in [5, 5.41) is 1.38. The third kappa shape index (κ3) is 3.07. The van der Waals surface area contributed by atoms with E-state index in [4.69, 9.17) is 0 Å². The van der Waals surface area contributed by atoms with Gasteiger partial charge in [-0.15, -0.1) is 0 Å². The highest BCUT2D eigenvalue weighted by Crippen LogP contribution is 2.35. The maximum absolute atomic E-state index is 3.43. The molecule has 1 aliphatic heterocycles. The van der Waals surface area contributed by atoms with Crippen molar-refractivity contribution >= 4 is 10.9 Å². The largest absolute Gasteiger partial charge is 0.361 e. The average molecular weight is 347 g/mol. The Morgan fingerprint density at radius 3 is 2.62 bits per heavy atom. The summed E-state index contributed by atoms with van der Waals surface area (Å²) < 4.78 is 0. The molecule has 3 aromatic rings. The summed E-state index contributed by atoms with van der Waals surface area (Å²) in [5.74, 6) is 0. The minimum absolute atomic E-state index is 0.531. The lowest BCUT2D eigenvalue weighted by Gasteiger charge is -2.35. The summed E-state index contributed by atoms with van der Waals surface area (Å²) in [5.41, 5.74) is 8.95. The number of H-pyrrole nitrogens is 1. The molecule has 1 aliphatic rings. The van der Waals surface area contributed by atoms with E-state index in [9.17, 15) is 0 Å². The zero-order valence-corrected chi connectivity index (χ0v) is 16.3. The second-order valence-corrected chi connectivity index (χ2v) is 7.67. The van der Waals surface area contributed by atoms with Gasteiger partial charge in [0.2, 0.25) is 0 Å². The quantitative estimate of drug-likeness (QED) is 0.650. The second-order valence-electron chi connectivity index (χ2n) is 7.67. The van der Waals surface area contributed by atoms with Crippen molar-refractivity contribution in [3.05, 3.63) is 70.4 Å². The second kappa shape index (κ2) is 7.28. The zero-order valence-electron chi connectivity index (χ0n) is 16.3. The predicted octanol–water partition coefficient (Wildman–Crippen LogP) is 5.45. The summed E-state index contributed by atoms with van der Waals surface area (Å²) >= 11 is 0. The Morgan fingerprint density at radius 1 is 1.04 bits per heavy atom. The third-order valence-corrected chi connectivity index (χ3v) is 6.21. The molecule has 1 unspecified atom stereocenters. The van der Waals surface area contributed by atoms with E-state index in [1.165, 1.54) is 35.9 Å². The van der Waals surface area contributed by atoms with Gasteiger partial charge in [-0.2, -0.15) is 0 Å². The minimum atomic E-state index is 0.531. The number of hydrogen-bond acceptors (Lipinski definition) is 1. The molecule has 26 heavy (non-hydrogen) atoms. The SMILES string of the molecule is CCc1cc2c(cc1CC)C(CCc1c[nH]c3ccccc13)N(C)CC2. The zero-order chi connectivity index (χ0) is 18.1. The monoisotopic (exact) mass is 346 g/mol. The number of hydrogen-bond donors (Lipinski definition) is 1. The van der Waals surface area contributed by atoms with Gasteiger partial charge < -0.3 is 4.98 Å². The maximum Gasteiger partial charge on any atom is 0.0456 e. The van der Waals surface area contributed by atoms with Crippen LogP contribution in [0, 0.1) is 0 Å². The molecule has 4 rings (SSSR count). The van der Waals surface area contributed by atoms with Gasteiger partial charge in [0.05, 0.1) is 0 Å². The van der Waals surface area contributed by atoms with Crippen LogP contribution in [0.4, 0.5) is 0 Å². The van der Waals surface area contributed by atoms with E-state index < -0.39 is 0 Å². The molecule has 0 saturated carbocycles. The summed E-state index contributed by atoms with van der Waals surface area (Å²) in [6.07, 6.45) is 7.97. The van der Waals surface area contributed by atoms with E-state index in [-0.39, 0.29) is 0 Å². The lowest BCUT2D eigenvalue weighted by molar-refractivity contribution is 0.219. The highest BCUT2D eigenvalue weighted by molar-refractivity contribution is 5.83. The van der Waals surface area contributed by atoms with Gasteiger partial charge in [-0.05, 0) is 73.0 Å². The first-order valence-electron chi connectivity index (χ1n) is 10.1. The first-order chi connectivity index (χ1) is 12.7. The van der Waals surface area contributed by atoms with Gasteiger partial charge in [0.15, 0.2) is 0 Å². The third-order valence-electron chi connectivity index (χ3n) is 6.21. The number of nitrogens with one attached hydrogen (secondary N) is 1. The first kappa shape index (κ1) is 17.4. The van der Waals surface area contributed by atoms with E-state index in [1.54, 1.807) is 22.3 Å². The van der Waals surface area contributed by atoms with Crippen LogP contribution in [-0.4, -0.2) is 23.5 Å². The van der Waals surface area contributed by atoms with Crippen molar-refractivity contribution in [3.8, 4) is 0 Å². The summed E-state index contributed by atoms with van der Waals surface area (Å²) in [6.45, 7) is 5.74. The minimum Gasteiger partial charge on any atom is -0.361 e. The number of fused-ring (bicyclic) bond motifs is 2. The number of rotatable bonds is 5. The van der Waals surface area contributed by atoms with Crippen LogP contribution in [-0.2, 0) is 25.7 Å².